The van der Waals surface area contributed by atoms with Crippen LogP contribution in [0.4, 0.5) is 18.9 Å². The van der Waals surface area contributed by atoms with E-state index >= 15 is 0 Å². The molecule has 1 amide bonds. The summed E-state index contributed by atoms with van der Waals surface area (Å²) < 4.78 is 44.5. The van der Waals surface area contributed by atoms with Crippen LogP contribution in [0, 0.1) is 0 Å². The molecule has 0 spiro atoms. The normalized spacial score (nSPS) is 12.4. The fourth-order valence-corrected chi connectivity index (χ4v) is 3.52. The summed E-state index contributed by atoms with van der Waals surface area (Å²) in [5.41, 5.74) is 0.684. The van der Waals surface area contributed by atoms with E-state index in [1.807, 2.05) is 6.07 Å². The number of hydrogen-bond acceptors (Lipinski definition) is 3. The molecule has 33 heavy (non-hydrogen) atoms. The Hall–Kier alpha value is -3.55. The third kappa shape index (κ3) is 5.10. The summed E-state index contributed by atoms with van der Waals surface area (Å²) in [5.74, 6) is -0.610. The van der Waals surface area contributed by atoms with E-state index in [1.165, 1.54) is 24.3 Å². The van der Waals surface area contributed by atoms with Gasteiger partial charge in [-0.05, 0) is 48.0 Å². The Morgan fingerprint density at radius 3 is 2.42 bits per heavy atom. The van der Waals surface area contributed by atoms with Crippen molar-refractivity contribution in [1.82, 2.24) is 0 Å². The number of carbonyl (C=O) groups excluding carboxylic acids is 1. The molecule has 0 aliphatic carbocycles. The topological polar surface area (TPSA) is 62.5 Å². The number of hydrogen-bond donors (Lipinski definition) is 2. The highest BCUT2D eigenvalue weighted by molar-refractivity contribution is 6.30. The van der Waals surface area contributed by atoms with Gasteiger partial charge in [0.05, 0.1) is 5.56 Å². The smallest absolute Gasteiger partial charge is 0.416 e. The highest BCUT2D eigenvalue weighted by Crippen LogP contribution is 2.34. The second-order valence-corrected chi connectivity index (χ2v) is 7.68. The van der Waals surface area contributed by atoms with Gasteiger partial charge in [-0.15, -0.1) is 0 Å². The Labute approximate surface area is 192 Å². The summed E-state index contributed by atoms with van der Waals surface area (Å²) in [6, 6.07) is 21.0. The maximum atomic E-state index is 13.0. The Balaban J connectivity index is 1.59. The van der Waals surface area contributed by atoms with E-state index in [0.29, 0.717) is 21.8 Å². The van der Waals surface area contributed by atoms with Gasteiger partial charge in [0.1, 0.15) is 11.9 Å². The van der Waals surface area contributed by atoms with E-state index in [9.17, 15) is 23.1 Å². The predicted molar refractivity (Wildman–Crippen MR) is 119 cm³/mol. The molecule has 4 aromatic rings. The lowest BCUT2D eigenvalue weighted by Crippen LogP contribution is -2.14. The first kappa shape index (κ1) is 22.6. The summed E-state index contributed by atoms with van der Waals surface area (Å²) >= 11 is 6.10. The number of halogens is 4. The largest absolute Gasteiger partial charge is 0.451 e. The van der Waals surface area contributed by atoms with Crippen LogP contribution >= 0.6 is 11.6 Å². The Bertz CT molecular complexity index is 1290. The number of anilines is 1. The van der Waals surface area contributed by atoms with E-state index in [1.54, 1.807) is 42.5 Å². The molecule has 168 valence electrons. The summed E-state index contributed by atoms with van der Waals surface area (Å²) in [6.07, 6.45) is -5.54. The maximum Gasteiger partial charge on any atom is 0.416 e. The molecular formula is C25H17ClF3NO3. The molecule has 0 fully saturated rings. The average Bonchev–Trinajstić information content (AvgIpc) is 3.30. The second-order valence-electron chi connectivity index (χ2n) is 7.24. The zero-order valence-electron chi connectivity index (χ0n) is 16.9. The van der Waals surface area contributed by atoms with Crippen molar-refractivity contribution in [3.8, 4) is 11.3 Å². The molecule has 2 N–H and O–H groups in total. The van der Waals surface area contributed by atoms with Crippen molar-refractivity contribution in [3.05, 3.63) is 112 Å². The Kier molecular flexibility index (Phi) is 6.26. The molecule has 0 radical (unpaired) electrons. The summed E-state index contributed by atoms with van der Waals surface area (Å²) in [4.78, 5) is 12.8. The average molecular weight is 472 g/mol. The number of furan rings is 1. The van der Waals surface area contributed by atoms with Crippen LogP contribution in [0.3, 0.4) is 0 Å². The fourth-order valence-electron chi connectivity index (χ4n) is 3.34. The van der Waals surface area contributed by atoms with Gasteiger partial charge in [-0.3, -0.25) is 4.79 Å². The van der Waals surface area contributed by atoms with Crippen LogP contribution in [0.1, 0.15) is 33.3 Å². The van der Waals surface area contributed by atoms with E-state index in [4.69, 9.17) is 16.0 Å². The van der Waals surface area contributed by atoms with Crippen molar-refractivity contribution in [1.29, 1.82) is 0 Å². The molecule has 0 saturated carbocycles. The first-order valence-corrected chi connectivity index (χ1v) is 10.2. The lowest BCUT2D eigenvalue weighted by atomic mass is 10.00. The molecule has 1 aromatic heterocycles. The molecule has 0 aliphatic rings. The van der Waals surface area contributed by atoms with Crippen LogP contribution in [-0.4, -0.2) is 11.0 Å². The van der Waals surface area contributed by atoms with Gasteiger partial charge < -0.3 is 14.8 Å². The number of aliphatic hydroxyl groups excluding tert-OH is 1. The number of amides is 1. The first-order chi connectivity index (χ1) is 15.7. The van der Waals surface area contributed by atoms with Crippen molar-refractivity contribution in [2.75, 3.05) is 5.32 Å². The van der Waals surface area contributed by atoms with E-state index < -0.39 is 23.8 Å². The third-order valence-electron chi connectivity index (χ3n) is 4.98. The SMILES string of the molecule is O=C(Nc1ccc(Cl)cc1[C@H](O)c1ccccc1)c1ccc(-c2cccc(C(F)(F)F)c2)o1. The van der Waals surface area contributed by atoms with Crippen LogP contribution < -0.4 is 5.32 Å². The van der Waals surface area contributed by atoms with Crippen LogP contribution in [0.2, 0.25) is 5.02 Å². The van der Waals surface area contributed by atoms with Gasteiger partial charge in [-0.25, -0.2) is 0 Å². The number of alkyl halides is 3. The highest BCUT2D eigenvalue weighted by atomic mass is 35.5. The molecule has 1 heterocycles. The minimum absolute atomic E-state index is 0.0995. The van der Waals surface area contributed by atoms with Crippen LogP contribution in [-0.2, 0) is 6.18 Å². The molecule has 0 unspecified atom stereocenters. The Morgan fingerprint density at radius 1 is 0.939 bits per heavy atom. The summed E-state index contributed by atoms with van der Waals surface area (Å²) in [7, 11) is 0. The number of rotatable bonds is 5. The minimum Gasteiger partial charge on any atom is -0.451 e. The summed E-state index contributed by atoms with van der Waals surface area (Å²) in [6.45, 7) is 0. The van der Waals surface area contributed by atoms with E-state index in [2.05, 4.69) is 5.32 Å². The quantitative estimate of drug-likeness (QED) is 0.331. The van der Waals surface area contributed by atoms with Gasteiger partial charge in [-0.1, -0.05) is 54.1 Å². The minimum atomic E-state index is -4.49. The Morgan fingerprint density at radius 2 is 1.70 bits per heavy atom. The van der Waals surface area contributed by atoms with Crippen molar-refractivity contribution in [3.63, 3.8) is 0 Å². The molecule has 0 saturated heterocycles. The monoisotopic (exact) mass is 471 g/mol. The van der Waals surface area contributed by atoms with Crippen LogP contribution in [0.25, 0.3) is 11.3 Å². The van der Waals surface area contributed by atoms with Crippen LogP contribution in [0.5, 0.6) is 0 Å². The van der Waals surface area contributed by atoms with Crippen molar-refractivity contribution >= 4 is 23.2 Å². The number of nitrogens with one attached hydrogen (secondary N) is 1. The van der Waals surface area contributed by atoms with Gasteiger partial charge in [0.25, 0.3) is 5.91 Å². The van der Waals surface area contributed by atoms with Crippen molar-refractivity contribution in [2.24, 2.45) is 0 Å². The van der Waals surface area contributed by atoms with E-state index in [0.717, 1.165) is 12.1 Å². The van der Waals surface area contributed by atoms with Gasteiger partial charge in [0.15, 0.2) is 5.76 Å². The number of benzene rings is 3. The molecule has 3 aromatic carbocycles. The zero-order chi connectivity index (χ0) is 23.6. The van der Waals surface area contributed by atoms with Gasteiger partial charge in [-0.2, -0.15) is 13.2 Å². The predicted octanol–water partition coefficient (Wildman–Crippen LogP) is 6.95. The van der Waals surface area contributed by atoms with Gasteiger partial charge in [0, 0.05) is 21.8 Å². The molecule has 1 atom stereocenters. The van der Waals surface area contributed by atoms with Crippen molar-refractivity contribution in [2.45, 2.75) is 12.3 Å². The lowest BCUT2D eigenvalue weighted by Gasteiger charge is -2.17. The van der Waals surface area contributed by atoms with Crippen molar-refractivity contribution < 1.29 is 27.5 Å². The highest BCUT2D eigenvalue weighted by Gasteiger charge is 2.30. The molecule has 0 aliphatic heterocycles. The third-order valence-corrected chi connectivity index (χ3v) is 5.21. The molecule has 8 heteroatoms. The van der Waals surface area contributed by atoms with Gasteiger partial charge in [0.2, 0.25) is 0 Å². The lowest BCUT2D eigenvalue weighted by molar-refractivity contribution is -0.137. The van der Waals surface area contributed by atoms with Crippen LogP contribution in [0.15, 0.2) is 89.3 Å². The fraction of sp³-hybridized carbons (Fsp3) is 0.0800. The maximum absolute atomic E-state index is 13.0. The summed E-state index contributed by atoms with van der Waals surface area (Å²) in [5, 5.41) is 13.9. The molecule has 4 nitrogen and oxygen atoms in total. The molecule has 0 bridgehead atoms. The first-order valence-electron chi connectivity index (χ1n) is 9.83. The standard InChI is InChI=1S/C25H17ClF3NO3/c26-18-9-10-20(19(14-18)23(31)15-5-2-1-3-6-15)30-24(32)22-12-11-21(33-22)16-7-4-8-17(13-16)25(27,28)29/h1-14,23,31H,(H,30,32)/t23-/m1/s1. The second kappa shape index (κ2) is 9.13. The molecular weight excluding hydrogens is 455 g/mol. The van der Waals surface area contributed by atoms with E-state index in [-0.39, 0.29) is 17.1 Å². The molecule has 4 rings (SSSR count). The zero-order valence-corrected chi connectivity index (χ0v) is 17.7. The number of carbonyl (C=O) groups is 1. The van der Waals surface area contributed by atoms with Gasteiger partial charge >= 0.3 is 6.18 Å². The number of aliphatic hydroxyl groups is 1.